The highest BCUT2D eigenvalue weighted by molar-refractivity contribution is 5.86. The van der Waals surface area contributed by atoms with Crippen molar-refractivity contribution in [3.8, 4) is 0 Å². The first-order valence-electron chi connectivity index (χ1n) is 4.66. The molecule has 2 amide bonds. The van der Waals surface area contributed by atoms with Crippen LogP contribution in [-0.2, 0) is 19.1 Å². The number of ether oxygens (including phenoxy) is 2. The molecule has 0 spiro atoms. The molecule has 0 aromatic rings. The van der Waals surface area contributed by atoms with Crippen LogP contribution in [0.4, 0.5) is 0 Å². The zero-order chi connectivity index (χ0) is 12.2. The van der Waals surface area contributed by atoms with Gasteiger partial charge in [-0.05, 0) is 12.2 Å². The summed E-state index contributed by atoms with van der Waals surface area (Å²) in [6.45, 7) is 7.42. The Morgan fingerprint density at radius 1 is 0.938 bits per heavy atom. The summed E-state index contributed by atoms with van der Waals surface area (Å²) in [7, 11) is 0. The molecule has 0 unspecified atom stereocenters. The number of carbonyl (C=O) groups excluding carboxylic acids is 2. The van der Waals surface area contributed by atoms with E-state index in [-0.39, 0.29) is 25.3 Å². The molecule has 0 aliphatic carbocycles. The van der Waals surface area contributed by atoms with Crippen molar-refractivity contribution >= 4 is 11.8 Å². The molecular formula is C10H16N2O4. The van der Waals surface area contributed by atoms with Crippen LogP contribution in [0.2, 0.25) is 0 Å². The van der Waals surface area contributed by atoms with Crippen LogP contribution < -0.4 is 10.6 Å². The lowest BCUT2D eigenvalue weighted by atomic mass is 10.6. The molecule has 2 N–H and O–H groups in total. The highest BCUT2D eigenvalue weighted by Crippen LogP contribution is 1.77. The fourth-order valence-corrected chi connectivity index (χ4v) is 0.651. The van der Waals surface area contributed by atoms with Gasteiger partial charge in [0.15, 0.2) is 0 Å². The van der Waals surface area contributed by atoms with Crippen LogP contribution in [0.1, 0.15) is 0 Å². The molecule has 0 aliphatic rings. The van der Waals surface area contributed by atoms with Gasteiger partial charge in [-0.15, -0.1) is 0 Å². The first-order valence-corrected chi connectivity index (χ1v) is 4.66. The van der Waals surface area contributed by atoms with Gasteiger partial charge in [-0.25, -0.2) is 0 Å². The fourth-order valence-electron chi connectivity index (χ4n) is 0.651. The minimum absolute atomic E-state index is 0.104. The van der Waals surface area contributed by atoms with Crippen molar-refractivity contribution in [2.24, 2.45) is 0 Å². The van der Waals surface area contributed by atoms with Gasteiger partial charge >= 0.3 is 0 Å². The van der Waals surface area contributed by atoms with Crippen molar-refractivity contribution in [1.29, 1.82) is 0 Å². The summed E-state index contributed by atoms with van der Waals surface area (Å²) in [6.07, 6.45) is 2.31. The van der Waals surface area contributed by atoms with Gasteiger partial charge in [0, 0.05) is 0 Å². The van der Waals surface area contributed by atoms with Crippen molar-refractivity contribution in [3.05, 3.63) is 25.3 Å². The van der Waals surface area contributed by atoms with Gasteiger partial charge in [0.2, 0.25) is 11.8 Å². The van der Waals surface area contributed by atoms with E-state index in [0.29, 0.717) is 13.2 Å². The number of hydrogen-bond acceptors (Lipinski definition) is 4. The Morgan fingerprint density at radius 2 is 1.31 bits per heavy atom. The van der Waals surface area contributed by atoms with Gasteiger partial charge in [0.1, 0.15) is 13.5 Å². The van der Waals surface area contributed by atoms with E-state index in [1.807, 2.05) is 0 Å². The molecule has 0 aromatic heterocycles. The average Bonchev–Trinajstić information content (AvgIpc) is 2.31. The Kier molecular flexibility index (Phi) is 8.85. The summed E-state index contributed by atoms with van der Waals surface area (Å²) in [4.78, 5) is 21.3. The molecule has 0 radical (unpaired) electrons. The van der Waals surface area contributed by atoms with E-state index < -0.39 is 0 Å². The van der Waals surface area contributed by atoms with Gasteiger partial charge in [0.05, 0.1) is 13.2 Å². The summed E-state index contributed by atoms with van der Waals surface area (Å²) in [5.74, 6) is -0.585. The van der Waals surface area contributed by atoms with Crippen LogP contribution in [0, 0.1) is 0 Å². The van der Waals surface area contributed by atoms with Crippen LogP contribution in [0.15, 0.2) is 25.3 Å². The second-order valence-corrected chi connectivity index (χ2v) is 2.60. The quantitative estimate of drug-likeness (QED) is 0.318. The molecule has 0 saturated heterocycles. The molecule has 0 aliphatic heterocycles. The molecule has 0 aromatic carbocycles. The fraction of sp³-hybridized carbons (Fsp3) is 0.400. The highest BCUT2D eigenvalue weighted by Gasteiger charge is 1.94. The lowest BCUT2D eigenvalue weighted by Gasteiger charge is -2.06. The van der Waals surface area contributed by atoms with E-state index in [4.69, 9.17) is 9.47 Å². The van der Waals surface area contributed by atoms with Crippen molar-refractivity contribution in [2.45, 2.75) is 0 Å². The summed E-state index contributed by atoms with van der Waals surface area (Å²) >= 11 is 0. The molecule has 0 fully saturated rings. The monoisotopic (exact) mass is 228 g/mol. The van der Waals surface area contributed by atoms with Crippen molar-refractivity contribution < 1.29 is 19.1 Å². The van der Waals surface area contributed by atoms with E-state index >= 15 is 0 Å². The van der Waals surface area contributed by atoms with E-state index in [2.05, 4.69) is 23.8 Å². The smallest absolute Gasteiger partial charge is 0.245 e. The minimum atomic E-state index is -0.292. The molecular weight excluding hydrogens is 212 g/mol. The SMILES string of the molecule is C=CC(=O)NCOCCOCNC(=O)C=C. The molecule has 0 heterocycles. The Morgan fingerprint density at radius 3 is 1.62 bits per heavy atom. The summed E-state index contributed by atoms with van der Waals surface area (Å²) in [6, 6.07) is 0. The van der Waals surface area contributed by atoms with Gasteiger partial charge in [0.25, 0.3) is 0 Å². The zero-order valence-electron chi connectivity index (χ0n) is 9.03. The molecule has 0 bridgehead atoms. The lowest BCUT2D eigenvalue weighted by Crippen LogP contribution is -2.27. The maximum atomic E-state index is 10.7. The average molecular weight is 228 g/mol. The first-order chi connectivity index (χ1) is 7.70. The van der Waals surface area contributed by atoms with Crippen molar-refractivity contribution in [1.82, 2.24) is 10.6 Å². The zero-order valence-corrected chi connectivity index (χ0v) is 9.03. The van der Waals surface area contributed by atoms with Crippen LogP contribution in [0.25, 0.3) is 0 Å². The topological polar surface area (TPSA) is 76.7 Å². The molecule has 0 saturated carbocycles. The van der Waals surface area contributed by atoms with Gasteiger partial charge < -0.3 is 20.1 Å². The lowest BCUT2D eigenvalue weighted by molar-refractivity contribution is -0.120. The first kappa shape index (κ1) is 14.3. The Balaban J connectivity index is 3.15. The summed E-state index contributed by atoms with van der Waals surface area (Å²) < 4.78 is 10.0. The van der Waals surface area contributed by atoms with E-state index in [0.717, 1.165) is 12.2 Å². The van der Waals surface area contributed by atoms with Crippen molar-refractivity contribution in [2.75, 3.05) is 26.7 Å². The standard InChI is InChI=1S/C10H16N2O4/c1-3-9(13)11-7-15-5-6-16-8-12-10(14)4-2/h3-4H,1-2,5-8H2,(H,11,13)(H,12,14). The largest absolute Gasteiger partial charge is 0.359 e. The predicted octanol–water partition coefficient (Wildman–Crippen LogP) is -0.461. The number of rotatable bonds is 9. The Hall–Kier alpha value is -1.66. The van der Waals surface area contributed by atoms with Gasteiger partial charge in [-0.2, -0.15) is 0 Å². The minimum Gasteiger partial charge on any atom is -0.359 e. The Labute approximate surface area is 94.3 Å². The maximum Gasteiger partial charge on any atom is 0.245 e. The number of nitrogens with one attached hydrogen (secondary N) is 2. The van der Waals surface area contributed by atoms with Gasteiger partial charge in [-0.1, -0.05) is 13.2 Å². The summed E-state index contributed by atoms with van der Waals surface area (Å²) in [5.41, 5.74) is 0. The van der Waals surface area contributed by atoms with Crippen LogP contribution in [0.5, 0.6) is 0 Å². The predicted molar refractivity (Wildman–Crippen MR) is 58.3 cm³/mol. The maximum absolute atomic E-state index is 10.7. The molecule has 6 heteroatoms. The van der Waals surface area contributed by atoms with Crippen LogP contribution in [0.3, 0.4) is 0 Å². The molecule has 16 heavy (non-hydrogen) atoms. The normalized spacial score (nSPS) is 9.25. The number of amides is 2. The summed E-state index contributed by atoms with van der Waals surface area (Å²) in [5, 5.41) is 4.87. The number of carbonyl (C=O) groups is 2. The second kappa shape index (κ2) is 9.88. The molecule has 6 nitrogen and oxygen atoms in total. The molecule has 90 valence electrons. The Bertz CT molecular complexity index is 227. The highest BCUT2D eigenvalue weighted by atomic mass is 16.5. The van der Waals surface area contributed by atoms with E-state index in [9.17, 15) is 9.59 Å². The molecule has 0 atom stereocenters. The van der Waals surface area contributed by atoms with E-state index in [1.165, 1.54) is 0 Å². The third-order valence-electron chi connectivity index (χ3n) is 1.44. The van der Waals surface area contributed by atoms with Crippen LogP contribution >= 0.6 is 0 Å². The third kappa shape index (κ3) is 8.92. The van der Waals surface area contributed by atoms with E-state index in [1.54, 1.807) is 0 Å². The third-order valence-corrected chi connectivity index (χ3v) is 1.44. The second-order valence-electron chi connectivity index (χ2n) is 2.60. The number of hydrogen-bond donors (Lipinski definition) is 2. The van der Waals surface area contributed by atoms with Crippen LogP contribution in [-0.4, -0.2) is 38.5 Å². The van der Waals surface area contributed by atoms with Crippen molar-refractivity contribution in [3.63, 3.8) is 0 Å². The molecule has 0 rings (SSSR count). The van der Waals surface area contributed by atoms with Gasteiger partial charge in [-0.3, -0.25) is 9.59 Å².